The first kappa shape index (κ1) is 10.9. The summed E-state index contributed by atoms with van der Waals surface area (Å²) in [7, 11) is 0. The molecule has 2 atom stereocenters. The van der Waals surface area contributed by atoms with Gasteiger partial charge in [0.15, 0.2) is 0 Å². The summed E-state index contributed by atoms with van der Waals surface area (Å²) in [6, 6.07) is 0. The molecule has 0 aromatic heterocycles. The molecule has 11 heavy (non-hydrogen) atoms. The van der Waals surface area contributed by atoms with Crippen molar-refractivity contribution in [3.05, 3.63) is 0 Å². The zero-order valence-corrected chi connectivity index (χ0v) is 8.03. The van der Waals surface area contributed by atoms with Crippen molar-refractivity contribution in [2.75, 3.05) is 5.75 Å². The first-order chi connectivity index (χ1) is 5.18. The Morgan fingerprint density at radius 3 is 2.64 bits per heavy atom. The fraction of sp³-hybridized carbons (Fsp3) is 0.778. The van der Waals surface area contributed by atoms with Crippen LogP contribution < -0.4 is 0 Å². The van der Waals surface area contributed by atoms with Crippen LogP contribution in [-0.2, 0) is 0 Å². The first-order valence-electron chi connectivity index (χ1n) is 3.91. The molecule has 1 nitrogen and oxygen atoms in total. The van der Waals surface area contributed by atoms with Crippen LogP contribution in [0.1, 0.15) is 26.7 Å². The lowest BCUT2D eigenvalue weighted by atomic mass is 10.3. The van der Waals surface area contributed by atoms with Gasteiger partial charge in [-0.3, -0.25) is 0 Å². The Balaban J connectivity index is 3.19. The average molecular weight is 172 g/mol. The van der Waals surface area contributed by atoms with Gasteiger partial charge in [0.25, 0.3) is 0 Å². The molecule has 0 amide bonds. The molecule has 1 N–H and O–H groups in total. The number of hydrogen-bond acceptors (Lipinski definition) is 2. The molecule has 0 saturated heterocycles. The van der Waals surface area contributed by atoms with Crippen LogP contribution >= 0.6 is 11.8 Å². The molecule has 0 rings (SSSR count). The molecule has 0 aliphatic rings. The number of hydrogen-bond donors (Lipinski definition) is 1. The van der Waals surface area contributed by atoms with E-state index < -0.39 is 0 Å². The Morgan fingerprint density at radius 2 is 2.18 bits per heavy atom. The molecule has 0 saturated carbocycles. The molecular formula is C9H16OS. The highest BCUT2D eigenvalue weighted by Gasteiger charge is 2.07. The maximum atomic E-state index is 9.12. The molecule has 0 aromatic carbocycles. The van der Waals surface area contributed by atoms with E-state index in [9.17, 15) is 0 Å². The summed E-state index contributed by atoms with van der Waals surface area (Å²) in [6.07, 6.45) is 6.78. The van der Waals surface area contributed by atoms with Crippen LogP contribution in [0.25, 0.3) is 0 Å². The smallest absolute Gasteiger partial charge is 0.0627 e. The van der Waals surface area contributed by atoms with Crippen LogP contribution in [-0.4, -0.2) is 22.2 Å². The third-order valence-electron chi connectivity index (χ3n) is 1.53. The normalized spacial score (nSPS) is 15.5. The number of rotatable bonds is 5. The number of thioether (sulfide) groups is 1. The fourth-order valence-corrected chi connectivity index (χ4v) is 1.54. The third-order valence-corrected chi connectivity index (χ3v) is 2.97. The highest BCUT2D eigenvalue weighted by molar-refractivity contribution is 7.99. The number of unbranched alkanes of at least 4 members (excludes halogenated alkanes) is 1. The van der Waals surface area contributed by atoms with E-state index in [2.05, 4.69) is 5.92 Å². The third kappa shape index (κ3) is 6.28. The Bertz CT molecular complexity index is 126. The van der Waals surface area contributed by atoms with Gasteiger partial charge in [0.1, 0.15) is 0 Å². The number of terminal acetylenes is 1. The maximum Gasteiger partial charge on any atom is 0.0627 e. The summed E-state index contributed by atoms with van der Waals surface area (Å²) in [6.45, 7) is 3.85. The first-order valence-corrected chi connectivity index (χ1v) is 4.96. The predicted molar refractivity (Wildman–Crippen MR) is 51.7 cm³/mol. The largest absolute Gasteiger partial charge is 0.392 e. The molecule has 0 heterocycles. The van der Waals surface area contributed by atoms with Crippen LogP contribution in [0.2, 0.25) is 0 Å². The quantitative estimate of drug-likeness (QED) is 0.505. The maximum absolute atomic E-state index is 9.12. The zero-order valence-electron chi connectivity index (χ0n) is 7.21. The van der Waals surface area contributed by atoms with E-state index in [1.807, 2.05) is 13.8 Å². The molecular weight excluding hydrogens is 156 g/mol. The van der Waals surface area contributed by atoms with Crippen molar-refractivity contribution in [3.63, 3.8) is 0 Å². The van der Waals surface area contributed by atoms with Gasteiger partial charge in [0, 0.05) is 11.7 Å². The van der Waals surface area contributed by atoms with Crippen molar-refractivity contribution < 1.29 is 5.11 Å². The Kier molecular flexibility index (Phi) is 6.49. The molecule has 0 fully saturated rings. The van der Waals surface area contributed by atoms with Crippen molar-refractivity contribution in [2.45, 2.75) is 38.0 Å². The zero-order chi connectivity index (χ0) is 8.69. The summed E-state index contributed by atoms with van der Waals surface area (Å²) in [4.78, 5) is 0. The minimum Gasteiger partial charge on any atom is -0.392 e. The number of aliphatic hydroxyl groups is 1. The summed E-state index contributed by atoms with van der Waals surface area (Å²) in [5.41, 5.74) is 0. The lowest BCUT2D eigenvalue weighted by Gasteiger charge is -2.12. The number of aliphatic hydroxyl groups excluding tert-OH is 1. The van der Waals surface area contributed by atoms with E-state index in [1.54, 1.807) is 11.8 Å². The van der Waals surface area contributed by atoms with Gasteiger partial charge in [-0.25, -0.2) is 0 Å². The fourth-order valence-electron chi connectivity index (χ4n) is 0.583. The molecule has 0 radical (unpaired) electrons. The Hall–Kier alpha value is -0.130. The van der Waals surface area contributed by atoms with Gasteiger partial charge in [-0.1, -0.05) is 6.92 Å². The molecule has 2 heteroatoms. The molecule has 64 valence electrons. The lowest BCUT2D eigenvalue weighted by molar-refractivity contribution is 0.196. The van der Waals surface area contributed by atoms with Gasteiger partial charge >= 0.3 is 0 Å². The Labute approximate surface area is 73.6 Å². The van der Waals surface area contributed by atoms with E-state index in [1.165, 1.54) is 0 Å². The van der Waals surface area contributed by atoms with Crippen molar-refractivity contribution in [3.8, 4) is 12.3 Å². The van der Waals surface area contributed by atoms with E-state index in [0.717, 1.165) is 18.6 Å². The second kappa shape index (κ2) is 6.57. The summed E-state index contributed by atoms with van der Waals surface area (Å²) in [5, 5.41) is 9.44. The van der Waals surface area contributed by atoms with E-state index >= 15 is 0 Å². The molecule has 0 aliphatic heterocycles. The van der Waals surface area contributed by atoms with Gasteiger partial charge in [-0.15, -0.1) is 12.3 Å². The predicted octanol–water partition coefficient (Wildman–Crippen LogP) is 1.90. The van der Waals surface area contributed by atoms with Crippen LogP contribution in [0.15, 0.2) is 0 Å². The van der Waals surface area contributed by atoms with Gasteiger partial charge < -0.3 is 5.11 Å². The SMILES string of the molecule is C#CCCCSC(C)C(C)O. The topological polar surface area (TPSA) is 20.2 Å². The van der Waals surface area contributed by atoms with E-state index in [0.29, 0.717) is 5.25 Å². The van der Waals surface area contributed by atoms with Crippen molar-refractivity contribution in [2.24, 2.45) is 0 Å². The summed E-state index contributed by atoms with van der Waals surface area (Å²) < 4.78 is 0. The van der Waals surface area contributed by atoms with Crippen molar-refractivity contribution in [1.29, 1.82) is 0 Å². The van der Waals surface area contributed by atoms with Gasteiger partial charge in [0.2, 0.25) is 0 Å². The molecule has 0 spiro atoms. The highest BCUT2D eigenvalue weighted by atomic mass is 32.2. The van der Waals surface area contributed by atoms with Crippen LogP contribution in [0.5, 0.6) is 0 Å². The van der Waals surface area contributed by atoms with Crippen molar-refractivity contribution >= 4 is 11.8 Å². The lowest BCUT2D eigenvalue weighted by Crippen LogP contribution is -2.15. The van der Waals surface area contributed by atoms with Crippen molar-refractivity contribution in [1.82, 2.24) is 0 Å². The second-order valence-corrected chi connectivity index (χ2v) is 4.11. The summed E-state index contributed by atoms with van der Waals surface area (Å²) in [5.74, 6) is 3.65. The van der Waals surface area contributed by atoms with Gasteiger partial charge in [-0.05, 0) is 19.1 Å². The van der Waals surface area contributed by atoms with Crippen LogP contribution in [0.4, 0.5) is 0 Å². The minimum atomic E-state index is -0.217. The van der Waals surface area contributed by atoms with Crippen LogP contribution in [0, 0.1) is 12.3 Å². The molecule has 0 bridgehead atoms. The monoisotopic (exact) mass is 172 g/mol. The van der Waals surface area contributed by atoms with E-state index in [-0.39, 0.29) is 6.10 Å². The van der Waals surface area contributed by atoms with E-state index in [4.69, 9.17) is 11.5 Å². The second-order valence-electron chi connectivity index (χ2n) is 2.62. The van der Waals surface area contributed by atoms with Gasteiger partial charge in [0.05, 0.1) is 6.10 Å². The molecule has 2 unspecified atom stereocenters. The standard InChI is InChI=1S/C9H16OS/c1-4-5-6-7-11-9(3)8(2)10/h1,8-10H,5-7H2,2-3H3. The highest BCUT2D eigenvalue weighted by Crippen LogP contribution is 2.15. The van der Waals surface area contributed by atoms with Gasteiger partial charge in [-0.2, -0.15) is 11.8 Å². The summed E-state index contributed by atoms with van der Waals surface area (Å²) >= 11 is 1.78. The molecule has 0 aromatic rings. The minimum absolute atomic E-state index is 0.217. The average Bonchev–Trinajstić information content (AvgIpc) is 1.97. The Morgan fingerprint density at radius 1 is 1.55 bits per heavy atom. The van der Waals surface area contributed by atoms with Crippen LogP contribution in [0.3, 0.4) is 0 Å². The molecule has 0 aliphatic carbocycles.